The maximum Gasteiger partial charge on any atom is 0.162 e. The van der Waals surface area contributed by atoms with E-state index in [1.807, 2.05) is 19.0 Å². The minimum Gasteiger partial charge on any atom is -0.493 e. The monoisotopic (exact) mass is 220 g/mol. The Balaban J connectivity index is 2.72. The lowest BCUT2D eigenvalue weighted by atomic mass is 10.2. The van der Waals surface area contributed by atoms with Crippen LogP contribution in [0.25, 0.3) is 0 Å². The third-order valence-corrected chi connectivity index (χ3v) is 2.09. The van der Waals surface area contributed by atoms with E-state index < -0.39 is 0 Å². The summed E-state index contributed by atoms with van der Waals surface area (Å²) < 4.78 is 10.7. The number of rotatable bonds is 5. The summed E-state index contributed by atoms with van der Waals surface area (Å²) >= 11 is 0. The Hall–Kier alpha value is -1.73. The predicted octanol–water partition coefficient (Wildman–Crippen LogP) is 1.51. The van der Waals surface area contributed by atoms with Crippen LogP contribution in [-0.4, -0.2) is 39.3 Å². The number of hydrogen-bond donors (Lipinski definition) is 0. The number of likely N-dealkylation sites (N-methyl/N-ethyl adjacent to an activating group) is 1. The van der Waals surface area contributed by atoms with Crippen LogP contribution in [0.4, 0.5) is 0 Å². The van der Waals surface area contributed by atoms with Crippen LogP contribution < -0.4 is 9.47 Å². The van der Waals surface area contributed by atoms with Crippen molar-refractivity contribution < 1.29 is 9.47 Å². The van der Waals surface area contributed by atoms with E-state index in [1.54, 1.807) is 25.3 Å². The van der Waals surface area contributed by atoms with E-state index in [-0.39, 0.29) is 0 Å². The fraction of sp³-hybridized carbons (Fsp3) is 0.417. The minimum atomic E-state index is 0.568. The van der Waals surface area contributed by atoms with Crippen molar-refractivity contribution in [3.05, 3.63) is 23.8 Å². The average Bonchev–Trinajstić information content (AvgIpc) is 2.28. The first-order chi connectivity index (χ1) is 7.67. The predicted molar refractivity (Wildman–Crippen MR) is 61.8 cm³/mol. The van der Waals surface area contributed by atoms with E-state index in [0.717, 1.165) is 6.54 Å². The molecule has 0 atom stereocenters. The molecule has 0 aliphatic rings. The lowest BCUT2D eigenvalue weighted by Gasteiger charge is -2.13. The third kappa shape index (κ3) is 3.44. The second-order valence-electron chi connectivity index (χ2n) is 3.63. The van der Waals surface area contributed by atoms with Crippen LogP contribution in [0.5, 0.6) is 11.5 Å². The highest BCUT2D eigenvalue weighted by molar-refractivity contribution is 5.46. The molecular weight excluding hydrogens is 204 g/mol. The quantitative estimate of drug-likeness (QED) is 0.754. The summed E-state index contributed by atoms with van der Waals surface area (Å²) in [4.78, 5) is 2.03. The van der Waals surface area contributed by atoms with Crippen molar-refractivity contribution in [3.63, 3.8) is 0 Å². The third-order valence-electron chi connectivity index (χ3n) is 2.09. The molecule has 4 nitrogen and oxygen atoms in total. The molecule has 0 aliphatic heterocycles. The fourth-order valence-electron chi connectivity index (χ4n) is 1.20. The number of nitrogens with zero attached hydrogens (tertiary/aromatic N) is 2. The van der Waals surface area contributed by atoms with Gasteiger partial charge in [0, 0.05) is 12.6 Å². The first kappa shape index (κ1) is 12.3. The molecule has 0 saturated heterocycles. The zero-order valence-corrected chi connectivity index (χ0v) is 9.86. The van der Waals surface area contributed by atoms with Gasteiger partial charge in [0.1, 0.15) is 6.61 Å². The zero-order valence-electron chi connectivity index (χ0n) is 9.86. The highest BCUT2D eigenvalue weighted by Crippen LogP contribution is 2.27. The molecule has 0 heterocycles. The first-order valence-electron chi connectivity index (χ1n) is 5.03. The summed E-state index contributed by atoms with van der Waals surface area (Å²) in [6, 6.07) is 7.21. The Morgan fingerprint density at radius 2 is 2.06 bits per heavy atom. The zero-order chi connectivity index (χ0) is 12.0. The van der Waals surface area contributed by atoms with Crippen molar-refractivity contribution in [2.75, 3.05) is 34.4 Å². The number of ether oxygens (including phenoxy) is 2. The van der Waals surface area contributed by atoms with E-state index in [9.17, 15) is 0 Å². The van der Waals surface area contributed by atoms with Crippen LogP contribution in [-0.2, 0) is 0 Å². The molecule has 0 fully saturated rings. The van der Waals surface area contributed by atoms with Crippen LogP contribution >= 0.6 is 0 Å². The van der Waals surface area contributed by atoms with Crippen molar-refractivity contribution in [2.45, 2.75) is 0 Å². The maximum atomic E-state index is 8.78. The Bertz CT molecular complexity index is 383. The highest BCUT2D eigenvalue weighted by Gasteiger charge is 2.05. The lowest BCUT2D eigenvalue weighted by Crippen LogP contribution is -2.19. The van der Waals surface area contributed by atoms with E-state index in [1.165, 1.54) is 0 Å². The van der Waals surface area contributed by atoms with Gasteiger partial charge in [0.15, 0.2) is 11.5 Å². The first-order valence-corrected chi connectivity index (χ1v) is 5.03. The number of nitriles is 1. The molecule has 4 heteroatoms. The van der Waals surface area contributed by atoms with Crippen molar-refractivity contribution in [3.8, 4) is 17.6 Å². The molecule has 0 unspecified atom stereocenters. The van der Waals surface area contributed by atoms with Gasteiger partial charge in [0.25, 0.3) is 0 Å². The minimum absolute atomic E-state index is 0.568. The number of benzene rings is 1. The van der Waals surface area contributed by atoms with Gasteiger partial charge >= 0.3 is 0 Å². The molecule has 0 bridgehead atoms. The van der Waals surface area contributed by atoms with Crippen LogP contribution in [0.3, 0.4) is 0 Å². The van der Waals surface area contributed by atoms with Gasteiger partial charge in [-0.05, 0) is 26.2 Å². The van der Waals surface area contributed by atoms with Gasteiger partial charge in [-0.2, -0.15) is 5.26 Å². The van der Waals surface area contributed by atoms with Gasteiger partial charge in [-0.1, -0.05) is 0 Å². The molecule has 0 saturated carbocycles. The second kappa shape index (κ2) is 5.99. The lowest BCUT2D eigenvalue weighted by molar-refractivity contribution is 0.250. The topological polar surface area (TPSA) is 45.5 Å². The van der Waals surface area contributed by atoms with E-state index >= 15 is 0 Å². The molecule has 0 aromatic heterocycles. The standard InChI is InChI=1S/C12H16N2O2/c1-14(2)6-7-16-12-8-10(9-13)4-5-11(12)15-3/h4-5,8H,6-7H2,1-3H3. The molecule has 0 aliphatic carbocycles. The van der Waals surface area contributed by atoms with Gasteiger partial charge in [0.05, 0.1) is 18.7 Å². The van der Waals surface area contributed by atoms with Crippen LogP contribution in [0.15, 0.2) is 18.2 Å². The van der Waals surface area contributed by atoms with Crippen molar-refractivity contribution in [2.24, 2.45) is 0 Å². The summed E-state index contributed by atoms with van der Waals surface area (Å²) in [5.41, 5.74) is 0.570. The van der Waals surface area contributed by atoms with Crippen molar-refractivity contribution in [1.29, 1.82) is 5.26 Å². The molecule has 1 aromatic carbocycles. The molecule has 1 rings (SSSR count). The van der Waals surface area contributed by atoms with Gasteiger partial charge in [-0.3, -0.25) is 0 Å². The van der Waals surface area contributed by atoms with Gasteiger partial charge < -0.3 is 14.4 Å². The molecule has 0 N–H and O–H groups in total. The van der Waals surface area contributed by atoms with Crippen LogP contribution in [0, 0.1) is 11.3 Å². The Morgan fingerprint density at radius 3 is 2.62 bits per heavy atom. The molecule has 0 amide bonds. The van der Waals surface area contributed by atoms with E-state index in [2.05, 4.69) is 6.07 Å². The van der Waals surface area contributed by atoms with Gasteiger partial charge in [0.2, 0.25) is 0 Å². The highest BCUT2D eigenvalue weighted by atomic mass is 16.5. The summed E-state index contributed by atoms with van der Waals surface area (Å²) in [6.07, 6.45) is 0. The van der Waals surface area contributed by atoms with E-state index in [0.29, 0.717) is 23.7 Å². The summed E-state index contributed by atoms with van der Waals surface area (Å²) in [7, 11) is 5.54. The number of hydrogen-bond acceptors (Lipinski definition) is 4. The summed E-state index contributed by atoms with van der Waals surface area (Å²) in [5.74, 6) is 1.26. The second-order valence-corrected chi connectivity index (χ2v) is 3.63. The smallest absolute Gasteiger partial charge is 0.162 e. The molecule has 0 spiro atoms. The van der Waals surface area contributed by atoms with Crippen LogP contribution in [0.1, 0.15) is 5.56 Å². The van der Waals surface area contributed by atoms with E-state index in [4.69, 9.17) is 14.7 Å². The molecule has 86 valence electrons. The van der Waals surface area contributed by atoms with Crippen LogP contribution in [0.2, 0.25) is 0 Å². The fourth-order valence-corrected chi connectivity index (χ4v) is 1.20. The summed E-state index contributed by atoms with van der Waals surface area (Å²) in [6.45, 7) is 1.39. The Kier molecular flexibility index (Phi) is 4.62. The largest absolute Gasteiger partial charge is 0.493 e. The van der Waals surface area contributed by atoms with Gasteiger partial charge in [-0.15, -0.1) is 0 Å². The normalized spacial score (nSPS) is 9.94. The molecule has 1 aromatic rings. The Morgan fingerprint density at radius 1 is 1.31 bits per heavy atom. The molecular formula is C12H16N2O2. The molecule has 16 heavy (non-hydrogen) atoms. The number of methoxy groups -OCH3 is 1. The Labute approximate surface area is 96.0 Å². The van der Waals surface area contributed by atoms with Gasteiger partial charge in [-0.25, -0.2) is 0 Å². The van der Waals surface area contributed by atoms with Crippen molar-refractivity contribution >= 4 is 0 Å². The average molecular weight is 220 g/mol. The molecule has 0 radical (unpaired) electrons. The maximum absolute atomic E-state index is 8.78. The van der Waals surface area contributed by atoms with Crippen molar-refractivity contribution in [1.82, 2.24) is 4.90 Å². The SMILES string of the molecule is COc1ccc(C#N)cc1OCCN(C)C. The summed E-state index contributed by atoms with van der Waals surface area (Å²) in [5, 5.41) is 8.78.